The van der Waals surface area contributed by atoms with Crippen molar-refractivity contribution >= 4 is 5.82 Å². The Morgan fingerprint density at radius 1 is 0.760 bits per heavy atom. The molecular weight excluding hydrogens is 308 g/mol. The summed E-state index contributed by atoms with van der Waals surface area (Å²) in [5.74, 6) is 1.04. The van der Waals surface area contributed by atoms with Gasteiger partial charge in [0.2, 0.25) is 0 Å². The number of piperazine rings is 1. The molecule has 3 heterocycles. The fraction of sp³-hybridized carbons (Fsp3) is 0.238. The minimum absolute atomic E-state index is 0.913. The first-order valence-corrected chi connectivity index (χ1v) is 8.72. The summed E-state index contributed by atoms with van der Waals surface area (Å²) < 4.78 is 0. The van der Waals surface area contributed by atoms with E-state index in [-0.39, 0.29) is 0 Å². The molecule has 4 heteroatoms. The predicted octanol–water partition coefficient (Wildman–Crippen LogP) is 3.56. The van der Waals surface area contributed by atoms with Crippen molar-refractivity contribution in [3.05, 3.63) is 66.9 Å². The quantitative estimate of drug-likeness (QED) is 0.735. The van der Waals surface area contributed by atoms with E-state index in [0.29, 0.717) is 0 Å². The van der Waals surface area contributed by atoms with Crippen molar-refractivity contribution in [3.63, 3.8) is 0 Å². The molecule has 126 valence electrons. The normalized spacial score (nSPS) is 15.3. The van der Waals surface area contributed by atoms with Crippen LogP contribution in [0.5, 0.6) is 0 Å². The summed E-state index contributed by atoms with van der Waals surface area (Å²) in [5, 5.41) is 0. The Morgan fingerprint density at radius 3 is 2.24 bits per heavy atom. The maximum atomic E-state index is 4.92. The van der Waals surface area contributed by atoms with Crippen molar-refractivity contribution in [2.45, 2.75) is 0 Å². The fourth-order valence-electron chi connectivity index (χ4n) is 3.16. The second-order valence-electron chi connectivity index (χ2n) is 6.47. The topological polar surface area (TPSA) is 32.3 Å². The van der Waals surface area contributed by atoms with Crippen molar-refractivity contribution in [1.82, 2.24) is 14.9 Å². The number of hydrogen-bond donors (Lipinski definition) is 0. The smallest absolute Gasteiger partial charge is 0.130 e. The zero-order valence-corrected chi connectivity index (χ0v) is 14.5. The van der Waals surface area contributed by atoms with Crippen molar-refractivity contribution in [3.8, 4) is 22.5 Å². The molecule has 4 rings (SSSR count). The van der Waals surface area contributed by atoms with Gasteiger partial charge in [0.05, 0.1) is 11.4 Å². The molecule has 0 amide bonds. The third-order valence-electron chi connectivity index (χ3n) is 4.67. The summed E-state index contributed by atoms with van der Waals surface area (Å²) in [7, 11) is 2.17. The predicted molar refractivity (Wildman–Crippen MR) is 103 cm³/mol. The van der Waals surface area contributed by atoms with Gasteiger partial charge in [0.1, 0.15) is 5.82 Å². The lowest BCUT2D eigenvalue weighted by Gasteiger charge is -2.33. The third kappa shape index (κ3) is 3.54. The van der Waals surface area contributed by atoms with Crippen molar-refractivity contribution < 1.29 is 0 Å². The van der Waals surface area contributed by atoms with Crippen molar-refractivity contribution in [2.24, 2.45) is 0 Å². The number of nitrogens with zero attached hydrogens (tertiary/aromatic N) is 4. The van der Waals surface area contributed by atoms with E-state index in [1.807, 2.05) is 30.5 Å². The van der Waals surface area contributed by atoms with Crippen LogP contribution in [0.1, 0.15) is 0 Å². The summed E-state index contributed by atoms with van der Waals surface area (Å²) in [6.45, 7) is 4.14. The highest BCUT2D eigenvalue weighted by Gasteiger charge is 2.17. The highest BCUT2D eigenvalue weighted by molar-refractivity contribution is 5.73. The standard InChI is InChI=1S/C21H22N4/c1-24-11-13-25(14-12-24)21-16-18(17-7-3-2-4-8-17)15-20(23-21)19-9-5-6-10-22-19/h2-10,15-16H,11-14H2,1H3. The number of rotatable bonds is 3. The van der Waals surface area contributed by atoms with Gasteiger partial charge in [0, 0.05) is 32.4 Å². The minimum atomic E-state index is 0.913. The van der Waals surface area contributed by atoms with Gasteiger partial charge in [0.25, 0.3) is 0 Å². The molecule has 0 radical (unpaired) electrons. The van der Waals surface area contributed by atoms with Gasteiger partial charge in [-0.2, -0.15) is 0 Å². The minimum Gasteiger partial charge on any atom is -0.354 e. The van der Waals surface area contributed by atoms with Crippen LogP contribution in [0.3, 0.4) is 0 Å². The van der Waals surface area contributed by atoms with E-state index in [1.54, 1.807) is 0 Å². The highest BCUT2D eigenvalue weighted by Crippen LogP contribution is 2.28. The highest BCUT2D eigenvalue weighted by atomic mass is 15.3. The first kappa shape index (κ1) is 15.8. The molecule has 0 N–H and O–H groups in total. The van der Waals surface area contributed by atoms with Crippen LogP contribution >= 0.6 is 0 Å². The number of benzene rings is 1. The summed E-state index contributed by atoms with van der Waals surface area (Å²) in [6, 6.07) is 20.8. The average Bonchev–Trinajstić information content (AvgIpc) is 2.69. The maximum absolute atomic E-state index is 4.92. The Balaban J connectivity index is 1.78. The first-order valence-electron chi connectivity index (χ1n) is 8.72. The van der Waals surface area contributed by atoms with E-state index in [0.717, 1.165) is 43.4 Å². The Hall–Kier alpha value is -2.72. The zero-order valence-electron chi connectivity index (χ0n) is 14.5. The van der Waals surface area contributed by atoms with Gasteiger partial charge in [-0.25, -0.2) is 4.98 Å². The lowest BCUT2D eigenvalue weighted by atomic mass is 10.0. The molecule has 1 aromatic carbocycles. The molecule has 1 fully saturated rings. The summed E-state index contributed by atoms with van der Waals surface area (Å²) in [6.07, 6.45) is 1.82. The number of likely N-dealkylation sites (N-methyl/N-ethyl adjacent to an activating group) is 1. The maximum Gasteiger partial charge on any atom is 0.130 e. The van der Waals surface area contributed by atoms with Gasteiger partial charge >= 0.3 is 0 Å². The molecule has 0 atom stereocenters. The van der Waals surface area contributed by atoms with Crippen LogP contribution in [0, 0.1) is 0 Å². The molecule has 4 nitrogen and oxygen atoms in total. The molecule has 2 aromatic heterocycles. The van der Waals surface area contributed by atoms with Crippen LogP contribution in [-0.2, 0) is 0 Å². The SMILES string of the molecule is CN1CCN(c2cc(-c3ccccc3)cc(-c3ccccn3)n2)CC1. The Labute approximate surface area is 148 Å². The first-order chi connectivity index (χ1) is 12.3. The summed E-state index contributed by atoms with van der Waals surface area (Å²) in [4.78, 5) is 14.1. The van der Waals surface area contributed by atoms with Gasteiger partial charge < -0.3 is 9.80 Å². The molecule has 0 unspecified atom stereocenters. The second-order valence-corrected chi connectivity index (χ2v) is 6.47. The second kappa shape index (κ2) is 7.03. The summed E-state index contributed by atoms with van der Waals surface area (Å²) >= 11 is 0. The van der Waals surface area contributed by atoms with Gasteiger partial charge in [-0.05, 0) is 42.4 Å². The van der Waals surface area contributed by atoms with E-state index in [2.05, 4.69) is 58.2 Å². The molecule has 0 spiro atoms. The van der Waals surface area contributed by atoms with Crippen molar-refractivity contribution in [2.75, 3.05) is 38.1 Å². The fourth-order valence-corrected chi connectivity index (χ4v) is 3.16. The third-order valence-corrected chi connectivity index (χ3v) is 4.67. The van der Waals surface area contributed by atoms with Crippen LogP contribution in [-0.4, -0.2) is 48.1 Å². The van der Waals surface area contributed by atoms with Crippen LogP contribution in [0.4, 0.5) is 5.82 Å². The molecule has 0 aliphatic carbocycles. The number of hydrogen-bond acceptors (Lipinski definition) is 4. The number of pyridine rings is 2. The van der Waals surface area contributed by atoms with Gasteiger partial charge in [-0.15, -0.1) is 0 Å². The summed E-state index contributed by atoms with van der Waals surface area (Å²) in [5.41, 5.74) is 4.23. The van der Waals surface area contributed by atoms with E-state index in [4.69, 9.17) is 4.98 Å². The van der Waals surface area contributed by atoms with E-state index >= 15 is 0 Å². The molecular formula is C21H22N4. The molecule has 0 bridgehead atoms. The van der Waals surface area contributed by atoms with Crippen LogP contribution < -0.4 is 4.90 Å². The number of anilines is 1. The molecule has 1 aliphatic rings. The van der Waals surface area contributed by atoms with Crippen LogP contribution in [0.25, 0.3) is 22.5 Å². The van der Waals surface area contributed by atoms with Crippen molar-refractivity contribution in [1.29, 1.82) is 0 Å². The Kier molecular flexibility index (Phi) is 4.44. The monoisotopic (exact) mass is 330 g/mol. The molecule has 1 aliphatic heterocycles. The van der Waals surface area contributed by atoms with Crippen LogP contribution in [0.2, 0.25) is 0 Å². The van der Waals surface area contributed by atoms with Crippen LogP contribution in [0.15, 0.2) is 66.9 Å². The molecule has 0 saturated carbocycles. The Morgan fingerprint density at radius 2 is 1.52 bits per heavy atom. The average molecular weight is 330 g/mol. The van der Waals surface area contributed by atoms with E-state index < -0.39 is 0 Å². The zero-order chi connectivity index (χ0) is 17.1. The largest absolute Gasteiger partial charge is 0.354 e. The molecule has 25 heavy (non-hydrogen) atoms. The number of aromatic nitrogens is 2. The Bertz CT molecular complexity index is 767. The van der Waals surface area contributed by atoms with E-state index in [1.165, 1.54) is 11.1 Å². The van der Waals surface area contributed by atoms with Gasteiger partial charge in [-0.1, -0.05) is 36.4 Å². The molecule has 1 saturated heterocycles. The van der Waals surface area contributed by atoms with Gasteiger partial charge in [-0.3, -0.25) is 4.98 Å². The van der Waals surface area contributed by atoms with E-state index in [9.17, 15) is 0 Å². The molecule has 3 aromatic rings. The lowest BCUT2D eigenvalue weighted by Crippen LogP contribution is -2.44. The van der Waals surface area contributed by atoms with Gasteiger partial charge in [0.15, 0.2) is 0 Å². The lowest BCUT2D eigenvalue weighted by molar-refractivity contribution is 0.312.